The molecule has 0 saturated carbocycles. The monoisotopic (exact) mass is 148 g/mol. The van der Waals surface area contributed by atoms with Crippen LogP contribution in [0.15, 0.2) is 24.3 Å². The van der Waals surface area contributed by atoms with Gasteiger partial charge < -0.3 is 9.64 Å². The predicted octanol–water partition coefficient (Wildman–Crippen LogP) is 1.28. The first-order chi connectivity index (χ1) is 5.47. The third kappa shape index (κ3) is 1.35. The lowest BCUT2D eigenvalue weighted by molar-refractivity contribution is 0.201. The van der Waals surface area contributed by atoms with E-state index in [9.17, 15) is 0 Å². The zero-order valence-corrected chi connectivity index (χ0v) is 6.29. The van der Waals surface area contributed by atoms with Crippen molar-refractivity contribution in [3.05, 3.63) is 30.3 Å². The molecule has 1 aliphatic heterocycles. The molecule has 1 aliphatic rings. The smallest absolute Gasteiger partial charge is 0.119 e. The molecule has 1 fully saturated rings. The van der Waals surface area contributed by atoms with Crippen molar-refractivity contribution < 1.29 is 4.74 Å². The van der Waals surface area contributed by atoms with E-state index in [0.717, 1.165) is 18.8 Å². The molecule has 0 atom stereocenters. The summed E-state index contributed by atoms with van der Waals surface area (Å²) in [5.41, 5.74) is 1.13. The fourth-order valence-electron chi connectivity index (χ4n) is 1.18. The van der Waals surface area contributed by atoms with Crippen molar-refractivity contribution in [2.45, 2.75) is 0 Å². The van der Waals surface area contributed by atoms with E-state index in [2.05, 4.69) is 17.0 Å². The van der Waals surface area contributed by atoms with Crippen LogP contribution in [0, 0.1) is 6.07 Å². The summed E-state index contributed by atoms with van der Waals surface area (Å²) in [7, 11) is 0. The molecule has 1 aromatic rings. The zero-order chi connectivity index (χ0) is 7.52. The van der Waals surface area contributed by atoms with Gasteiger partial charge in [-0.2, -0.15) is 0 Å². The van der Waals surface area contributed by atoms with Gasteiger partial charge in [0, 0.05) is 18.3 Å². The molecule has 57 valence electrons. The van der Waals surface area contributed by atoms with Crippen molar-refractivity contribution in [2.24, 2.45) is 0 Å². The Bertz CT molecular complexity index is 216. The van der Waals surface area contributed by atoms with Crippen molar-refractivity contribution >= 4 is 5.69 Å². The van der Waals surface area contributed by atoms with Gasteiger partial charge in [0.05, 0.1) is 6.61 Å². The number of rotatable bonds is 1. The molecular formula is C9H10NO. The number of anilines is 1. The molecule has 1 radical (unpaired) electrons. The summed E-state index contributed by atoms with van der Waals surface area (Å²) in [4.78, 5) is 2.17. The first-order valence-corrected chi connectivity index (χ1v) is 3.76. The van der Waals surface area contributed by atoms with Crippen molar-refractivity contribution in [3.8, 4) is 0 Å². The van der Waals surface area contributed by atoms with Crippen LogP contribution < -0.4 is 4.90 Å². The molecule has 11 heavy (non-hydrogen) atoms. The third-order valence-corrected chi connectivity index (χ3v) is 1.79. The Morgan fingerprint density at radius 3 is 3.09 bits per heavy atom. The van der Waals surface area contributed by atoms with Gasteiger partial charge in [0.25, 0.3) is 0 Å². The summed E-state index contributed by atoms with van der Waals surface area (Å²) in [6, 6.07) is 11.1. The first-order valence-electron chi connectivity index (χ1n) is 3.76. The number of benzene rings is 1. The van der Waals surface area contributed by atoms with Crippen LogP contribution in [0.25, 0.3) is 0 Å². The summed E-state index contributed by atoms with van der Waals surface area (Å²) in [6.45, 7) is 2.53. The van der Waals surface area contributed by atoms with Gasteiger partial charge in [0.15, 0.2) is 0 Å². The van der Waals surface area contributed by atoms with E-state index in [1.165, 1.54) is 0 Å². The number of nitrogens with zero attached hydrogens (tertiary/aromatic N) is 1. The van der Waals surface area contributed by atoms with Gasteiger partial charge in [-0.1, -0.05) is 18.2 Å². The normalized spacial score (nSPS) is 17.3. The Balaban J connectivity index is 2.16. The summed E-state index contributed by atoms with van der Waals surface area (Å²) in [5, 5.41) is 0. The maximum absolute atomic E-state index is 5.22. The SMILES string of the molecule is [c]1ccccc1N1CCOC1. The van der Waals surface area contributed by atoms with Gasteiger partial charge in [0.2, 0.25) is 0 Å². The molecule has 2 nitrogen and oxygen atoms in total. The highest BCUT2D eigenvalue weighted by Gasteiger charge is 2.11. The molecule has 2 rings (SSSR count). The summed E-state index contributed by atoms with van der Waals surface area (Å²) in [6.07, 6.45) is 0. The van der Waals surface area contributed by atoms with Gasteiger partial charge in [-0.05, 0) is 6.07 Å². The summed E-state index contributed by atoms with van der Waals surface area (Å²) in [5.74, 6) is 0. The molecule has 1 aromatic carbocycles. The van der Waals surface area contributed by atoms with Gasteiger partial charge in [0.1, 0.15) is 6.73 Å². The van der Waals surface area contributed by atoms with Gasteiger partial charge in [-0.3, -0.25) is 0 Å². The molecule has 1 saturated heterocycles. The van der Waals surface area contributed by atoms with E-state index in [1.807, 2.05) is 18.2 Å². The fourth-order valence-corrected chi connectivity index (χ4v) is 1.18. The summed E-state index contributed by atoms with van der Waals surface area (Å²) < 4.78 is 5.22. The van der Waals surface area contributed by atoms with Crippen LogP contribution >= 0.6 is 0 Å². The van der Waals surface area contributed by atoms with Crippen molar-refractivity contribution in [1.29, 1.82) is 0 Å². The van der Waals surface area contributed by atoms with E-state index in [0.29, 0.717) is 6.73 Å². The van der Waals surface area contributed by atoms with Gasteiger partial charge >= 0.3 is 0 Å². The third-order valence-electron chi connectivity index (χ3n) is 1.79. The lowest BCUT2D eigenvalue weighted by Crippen LogP contribution is -2.18. The van der Waals surface area contributed by atoms with E-state index in [4.69, 9.17) is 4.74 Å². The van der Waals surface area contributed by atoms with E-state index < -0.39 is 0 Å². The Morgan fingerprint density at radius 2 is 2.45 bits per heavy atom. The predicted molar refractivity (Wildman–Crippen MR) is 43.4 cm³/mol. The van der Waals surface area contributed by atoms with Crippen LogP contribution in [0.3, 0.4) is 0 Å². The highest BCUT2D eigenvalue weighted by Crippen LogP contribution is 2.14. The number of hydrogen-bond donors (Lipinski definition) is 0. The summed E-state index contributed by atoms with van der Waals surface area (Å²) >= 11 is 0. The Labute approximate surface area is 66.4 Å². The molecule has 0 bridgehead atoms. The fraction of sp³-hybridized carbons (Fsp3) is 0.333. The van der Waals surface area contributed by atoms with E-state index in [1.54, 1.807) is 0 Å². The van der Waals surface area contributed by atoms with Crippen LogP contribution in [0.4, 0.5) is 5.69 Å². The number of para-hydroxylation sites is 1. The minimum atomic E-state index is 0.709. The second-order valence-electron chi connectivity index (χ2n) is 2.55. The van der Waals surface area contributed by atoms with E-state index >= 15 is 0 Å². The van der Waals surface area contributed by atoms with Gasteiger partial charge in [-0.25, -0.2) is 0 Å². The van der Waals surface area contributed by atoms with Crippen molar-refractivity contribution in [3.63, 3.8) is 0 Å². The quantitative estimate of drug-likeness (QED) is 0.595. The maximum atomic E-state index is 5.22. The molecule has 0 aliphatic carbocycles. The lowest BCUT2D eigenvalue weighted by Gasteiger charge is -2.14. The molecule has 1 heterocycles. The lowest BCUT2D eigenvalue weighted by atomic mass is 10.3. The van der Waals surface area contributed by atoms with Crippen molar-refractivity contribution in [2.75, 3.05) is 24.8 Å². The first kappa shape index (κ1) is 6.68. The largest absolute Gasteiger partial charge is 0.359 e. The number of hydrogen-bond acceptors (Lipinski definition) is 2. The van der Waals surface area contributed by atoms with Crippen LogP contribution in [-0.4, -0.2) is 19.9 Å². The van der Waals surface area contributed by atoms with Crippen LogP contribution in [0.2, 0.25) is 0 Å². The molecule has 0 amide bonds. The second-order valence-corrected chi connectivity index (χ2v) is 2.55. The topological polar surface area (TPSA) is 12.5 Å². The molecule has 0 unspecified atom stereocenters. The second kappa shape index (κ2) is 2.93. The molecule has 0 aromatic heterocycles. The standard InChI is InChI=1S/C9H10NO/c1-2-4-9(5-3-1)10-6-7-11-8-10/h1-4H,6-8H2. The zero-order valence-electron chi connectivity index (χ0n) is 6.29. The highest BCUT2D eigenvalue weighted by atomic mass is 16.5. The average Bonchev–Trinajstić information content (AvgIpc) is 2.58. The number of ether oxygens (including phenoxy) is 1. The molecular weight excluding hydrogens is 138 g/mol. The molecule has 2 heteroatoms. The molecule has 0 spiro atoms. The van der Waals surface area contributed by atoms with Crippen LogP contribution in [0.5, 0.6) is 0 Å². The van der Waals surface area contributed by atoms with Gasteiger partial charge in [-0.15, -0.1) is 0 Å². The van der Waals surface area contributed by atoms with Crippen LogP contribution in [-0.2, 0) is 4.74 Å². The van der Waals surface area contributed by atoms with Crippen LogP contribution in [0.1, 0.15) is 0 Å². The Hall–Kier alpha value is -1.02. The van der Waals surface area contributed by atoms with E-state index in [-0.39, 0.29) is 0 Å². The minimum Gasteiger partial charge on any atom is -0.359 e. The minimum absolute atomic E-state index is 0.709. The Kier molecular flexibility index (Phi) is 1.78. The molecule has 0 N–H and O–H groups in total. The highest BCUT2D eigenvalue weighted by molar-refractivity contribution is 5.44. The maximum Gasteiger partial charge on any atom is 0.119 e. The van der Waals surface area contributed by atoms with Crippen molar-refractivity contribution in [1.82, 2.24) is 0 Å². The Morgan fingerprint density at radius 1 is 1.45 bits per heavy atom. The average molecular weight is 148 g/mol.